The van der Waals surface area contributed by atoms with Gasteiger partial charge >= 0.3 is 0 Å². The smallest absolute Gasteiger partial charge is 0.263 e. The van der Waals surface area contributed by atoms with Gasteiger partial charge in [-0.05, 0) is 63.5 Å². The van der Waals surface area contributed by atoms with Crippen LogP contribution >= 0.6 is 43.5 Å². The molecule has 10 heteroatoms. The molecule has 0 amide bonds. The molecular weight excluding hydrogens is 536 g/mol. The summed E-state index contributed by atoms with van der Waals surface area (Å²) < 4.78 is 40.6. The van der Waals surface area contributed by atoms with Gasteiger partial charge in [0, 0.05) is 29.7 Å². The Morgan fingerprint density at radius 2 is 1.93 bits per heavy atom. The molecule has 28 heavy (non-hydrogen) atoms. The second-order valence-corrected chi connectivity index (χ2v) is 10.2. The average Bonchev–Trinajstić information content (AvgIpc) is 3.02. The van der Waals surface area contributed by atoms with Crippen LogP contribution in [0, 0.1) is 0 Å². The number of ether oxygens (including phenoxy) is 2. The number of nitrogens with one attached hydrogen (secondary N) is 1. The molecule has 1 atom stereocenters. The molecule has 0 spiro atoms. The van der Waals surface area contributed by atoms with E-state index in [4.69, 9.17) is 21.1 Å². The summed E-state index contributed by atoms with van der Waals surface area (Å²) in [5.74, 6) is 0.865. The second kappa shape index (κ2) is 8.79. The Morgan fingerprint density at radius 3 is 2.57 bits per heavy atom. The largest absolute Gasteiger partial charge is 0.496 e. The molecule has 1 aliphatic heterocycles. The summed E-state index contributed by atoms with van der Waals surface area (Å²) in [5, 5.41) is 0.434. The van der Waals surface area contributed by atoms with Crippen molar-refractivity contribution in [2.24, 2.45) is 0 Å². The summed E-state index contributed by atoms with van der Waals surface area (Å²) in [6.07, 6.45) is 0.924. The van der Waals surface area contributed by atoms with Gasteiger partial charge in [-0.25, -0.2) is 8.42 Å². The molecular formula is C18H19Br2ClN2O4S. The number of anilines is 1. The molecule has 1 heterocycles. The molecule has 1 fully saturated rings. The molecule has 0 unspecified atom stereocenters. The number of hydrogen-bond donors (Lipinski definition) is 1. The van der Waals surface area contributed by atoms with Crippen molar-refractivity contribution in [3.8, 4) is 11.5 Å². The van der Waals surface area contributed by atoms with Gasteiger partial charge in [-0.1, -0.05) is 11.6 Å². The fraction of sp³-hybridized carbons (Fsp3) is 0.333. The van der Waals surface area contributed by atoms with Gasteiger partial charge in [-0.3, -0.25) is 4.72 Å². The zero-order valence-electron chi connectivity index (χ0n) is 15.2. The lowest BCUT2D eigenvalue weighted by molar-refractivity contribution is 0.208. The van der Waals surface area contributed by atoms with E-state index in [0.717, 1.165) is 19.5 Å². The van der Waals surface area contributed by atoms with E-state index in [2.05, 4.69) is 41.5 Å². The molecule has 0 bridgehead atoms. The Kier molecular flexibility index (Phi) is 6.81. The zero-order valence-corrected chi connectivity index (χ0v) is 20.0. The van der Waals surface area contributed by atoms with Crippen molar-refractivity contribution in [2.45, 2.75) is 17.4 Å². The molecule has 2 aromatic rings. The minimum Gasteiger partial charge on any atom is -0.496 e. The number of rotatable bonds is 6. The highest BCUT2D eigenvalue weighted by molar-refractivity contribution is 9.11. The highest BCUT2D eigenvalue weighted by Crippen LogP contribution is 2.36. The first-order chi connectivity index (χ1) is 13.2. The van der Waals surface area contributed by atoms with Crippen LogP contribution in [0.25, 0.3) is 0 Å². The number of methoxy groups -OCH3 is 1. The summed E-state index contributed by atoms with van der Waals surface area (Å²) >= 11 is 12.9. The van der Waals surface area contributed by atoms with E-state index >= 15 is 0 Å². The van der Waals surface area contributed by atoms with Crippen molar-refractivity contribution in [1.82, 2.24) is 4.90 Å². The van der Waals surface area contributed by atoms with E-state index in [0.29, 0.717) is 31.2 Å². The highest BCUT2D eigenvalue weighted by atomic mass is 79.9. The van der Waals surface area contributed by atoms with Crippen LogP contribution in [0.4, 0.5) is 5.69 Å². The van der Waals surface area contributed by atoms with E-state index in [1.807, 2.05) is 7.05 Å². The van der Waals surface area contributed by atoms with Gasteiger partial charge in [0.2, 0.25) is 0 Å². The van der Waals surface area contributed by atoms with Gasteiger partial charge in [0.15, 0.2) is 0 Å². The van der Waals surface area contributed by atoms with Crippen molar-refractivity contribution in [1.29, 1.82) is 0 Å². The fourth-order valence-electron chi connectivity index (χ4n) is 2.91. The quantitative estimate of drug-likeness (QED) is 0.558. The van der Waals surface area contributed by atoms with Crippen LogP contribution in [-0.4, -0.2) is 46.7 Å². The third-order valence-electron chi connectivity index (χ3n) is 4.32. The Hall–Kier alpha value is -1.000. The van der Waals surface area contributed by atoms with Crippen molar-refractivity contribution in [2.75, 3.05) is 32.0 Å². The number of benzene rings is 2. The van der Waals surface area contributed by atoms with Gasteiger partial charge in [-0.15, -0.1) is 0 Å². The van der Waals surface area contributed by atoms with Crippen molar-refractivity contribution in [3.63, 3.8) is 0 Å². The van der Waals surface area contributed by atoms with Crippen LogP contribution < -0.4 is 14.2 Å². The molecule has 0 radical (unpaired) electrons. The van der Waals surface area contributed by atoms with Crippen LogP contribution in [0.2, 0.25) is 5.02 Å². The van der Waals surface area contributed by atoms with Gasteiger partial charge in [-0.2, -0.15) is 0 Å². The number of likely N-dealkylation sites (tertiary alicyclic amines) is 1. The molecule has 0 saturated carbocycles. The SMILES string of the molecule is COc1cc(S(=O)(=O)Nc2ccc(Cl)c(O[C@@H]3CCN(C)C3)c2)c(Br)cc1Br. The first kappa shape index (κ1) is 21.7. The first-order valence-corrected chi connectivity index (χ1v) is 11.8. The summed E-state index contributed by atoms with van der Waals surface area (Å²) in [6, 6.07) is 7.88. The number of sulfonamides is 1. The lowest BCUT2D eigenvalue weighted by Crippen LogP contribution is -2.21. The maximum absolute atomic E-state index is 12.9. The normalized spacial score (nSPS) is 17.5. The highest BCUT2D eigenvalue weighted by Gasteiger charge is 2.23. The third kappa shape index (κ3) is 4.94. The van der Waals surface area contributed by atoms with Crippen molar-refractivity contribution >= 4 is 59.2 Å². The molecule has 0 aromatic heterocycles. The van der Waals surface area contributed by atoms with E-state index < -0.39 is 10.0 Å². The monoisotopic (exact) mass is 552 g/mol. The van der Waals surface area contributed by atoms with Crippen LogP contribution in [0.3, 0.4) is 0 Å². The number of nitrogens with zero attached hydrogens (tertiary/aromatic N) is 1. The zero-order chi connectivity index (χ0) is 20.5. The maximum Gasteiger partial charge on any atom is 0.263 e. The maximum atomic E-state index is 12.9. The predicted octanol–water partition coefficient (Wildman–Crippen LogP) is 4.76. The van der Waals surface area contributed by atoms with Crippen LogP contribution in [0.15, 0.2) is 44.2 Å². The summed E-state index contributed by atoms with van der Waals surface area (Å²) in [6.45, 7) is 1.76. The number of hydrogen-bond acceptors (Lipinski definition) is 5. The predicted molar refractivity (Wildman–Crippen MR) is 117 cm³/mol. The third-order valence-corrected chi connectivity index (χ3v) is 7.59. The minimum absolute atomic E-state index is 0.0271. The second-order valence-electron chi connectivity index (χ2n) is 6.46. The van der Waals surface area contributed by atoms with E-state index in [1.54, 1.807) is 24.3 Å². The molecule has 3 rings (SSSR count). The number of likely N-dealkylation sites (N-methyl/N-ethyl adjacent to an activating group) is 1. The molecule has 0 aliphatic carbocycles. The molecule has 1 aliphatic rings. The fourth-order valence-corrected chi connectivity index (χ4v) is 5.99. The van der Waals surface area contributed by atoms with Crippen LogP contribution in [0.5, 0.6) is 11.5 Å². The average molecular weight is 555 g/mol. The topological polar surface area (TPSA) is 67.9 Å². The van der Waals surface area contributed by atoms with E-state index in [-0.39, 0.29) is 11.0 Å². The van der Waals surface area contributed by atoms with Crippen molar-refractivity contribution in [3.05, 3.63) is 44.3 Å². The van der Waals surface area contributed by atoms with Gasteiger partial charge in [0.1, 0.15) is 22.5 Å². The Bertz CT molecular complexity index is 988. The Labute approximate surface area is 186 Å². The molecule has 6 nitrogen and oxygen atoms in total. The van der Waals surface area contributed by atoms with E-state index in [9.17, 15) is 8.42 Å². The minimum atomic E-state index is -3.86. The Balaban J connectivity index is 1.86. The van der Waals surface area contributed by atoms with Gasteiger partial charge < -0.3 is 14.4 Å². The molecule has 1 saturated heterocycles. The standard InChI is InChI=1S/C18H19Br2ClN2O4S/c1-23-6-5-12(10-23)27-17-7-11(3-4-15(17)21)22-28(24,25)18-9-16(26-2)13(19)8-14(18)20/h3-4,7-9,12,22H,5-6,10H2,1-2H3/t12-/m1/s1. The number of halogens is 3. The lowest BCUT2D eigenvalue weighted by atomic mass is 10.3. The van der Waals surface area contributed by atoms with E-state index in [1.165, 1.54) is 13.2 Å². The Morgan fingerprint density at radius 1 is 1.18 bits per heavy atom. The molecule has 152 valence electrons. The van der Waals surface area contributed by atoms with Crippen molar-refractivity contribution < 1.29 is 17.9 Å². The summed E-state index contributed by atoms with van der Waals surface area (Å²) in [7, 11) is -0.363. The molecule has 2 aromatic carbocycles. The van der Waals surface area contributed by atoms with Crippen LogP contribution in [-0.2, 0) is 10.0 Å². The summed E-state index contributed by atoms with van der Waals surface area (Å²) in [4.78, 5) is 2.23. The lowest BCUT2D eigenvalue weighted by Gasteiger charge is -2.17. The van der Waals surface area contributed by atoms with Crippen LogP contribution in [0.1, 0.15) is 6.42 Å². The molecule has 1 N–H and O–H groups in total. The van der Waals surface area contributed by atoms with Gasteiger partial charge in [0.25, 0.3) is 10.0 Å². The van der Waals surface area contributed by atoms with Gasteiger partial charge in [0.05, 0.1) is 22.3 Å². The summed E-state index contributed by atoms with van der Waals surface area (Å²) in [5.41, 5.74) is 0.361. The first-order valence-electron chi connectivity index (χ1n) is 8.40.